The Morgan fingerprint density at radius 1 is 1.18 bits per heavy atom. The minimum absolute atomic E-state index is 0.159. The molecule has 0 bridgehead atoms. The van der Waals surface area contributed by atoms with Gasteiger partial charge in [-0.25, -0.2) is 9.78 Å². The summed E-state index contributed by atoms with van der Waals surface area (Å²) in [4.78, 5) is 47.1. The first-order valence-electron chi connectivity index (χ1n) is 11.8. The molecule has 1 aromatic carbocycles. The number of hydrogen-bond donors (Lipinski definition) is 2. The van der Waals surface area contributed by atoms with Crippen molar-refractivity contribution in [1.29, 1.82) is 0 Å². The average molecular weight is 528 g/mol. The molecule has 2 N–H and O–H groups in total. The minimum atomic E-state index is -0.399. The maximum absolute atomic E-state index is 13.3. The molecule has 2 aliphatic heterocycles. The van der Waals surface area contributed by atoms with Crippen LogP contribution in [0.3, 0.4) is 0 Å². The lowest BCUT2D eigenvalue weighted by Gasteiger charge is -2.28. The second-order valence-electron chi connectivity index (χ2n) is 8.69. The van der Waals surface area contributed by atoms with Gasteiger partial charge in [-0.3, -0.25) is 14.5 Å². The Morgan fingerprint density at radius 3 is 2.79 bits per heavy atom. The quantitative estimate of drug-likeness (QED) is 0.362. The third-order valence-corrected chi connectivity index (χ3v) is 7.42. The molecule has 0 spiro atoms. The van der Waals surface area contributed by atoms with Crippen LogP contribution in [0.5, 0.6) is 11.6 Å². The van der Waals surface area contributed by atoms with Crippen LogP contribution in [0.4, 0.5) is 21.9 Å². The molecule has 11 nitrogen and oxygen atoms in total. The standard InChI is InChI=1S/C26H21N7O4S/c1-2-20(34)32-13-10-15(14-32)29-24(35)23-22-21-18(9-12-27-25(21)38-23)33(26(36)30-22)16-5-7-17(8-6-16)37-19-4-3-11-28-31-19/h2-9,11-12,15H,1,10,13-14H2,(H,29,35)(H,30,36)/t15-/m1/s1. The molecule has 0 radical (unpaired) electrons. The SMILES string of the molecule is C=CC(=O)N1CC[C@@H](NC(=O)c2sc3nccc4c3c2NC(=O)N4c2ccc(Oc3cccnn3)cc2)C1. The number of nitrogens with one attached hydrogen (secondary N) is 2. The lowest BCUT2D eigenvalue weighted by Crippen LogP contribution is -2.39. The number of ether oxygens (including phenoxy) is 1. The van der Waals surface area contributed by atoms with Gasteiger partial charge < -0.3 is 20.3 Å². The highest BCUT2D eigenvalue weighted by molar-refractivity contribution is 7.21. The summed E-state index contributed by atoms with van der Waals surface area (Å²) in [5.41, 5.74) is 1.67. The van der Waals surface area contributed by atoms with Gasteiger partial charge in [-0.1, -0.05) is 6.58 Å². The number of pyridine rings is 1. The van der Waals surface area contributed by atoms with Gasteiger partial charge in [0.2, 0.25) is 11.8 Å². The van der Waals surface area contributed by atoms with Crippen LogP contribution in [-0.4, -0.2) is 57.1 Å². The maximum Gasteiger partial charge on any atom is 0.331 e. The fraction of sp³-hybridized carbons (Fsp3) is 0.154. The van der Waals surface area contributed by atoms with E-state index in [-0.39, 0.29) is 17.9 Å². The van der Waals surface area contributed by atoms with Crippen molar-refractivity contribution < 1.29 is 19.1 Å². The van der Waals surface area contributed by atoms with Crippen molar-refractivity contribution >= 4 is 56.5 Å². The van der Waals surface area contributed by atoms with E-state index in [1.54, 1.807) is 59.8 Å². The predicted octanol–water partition coefficient (Wildman–Crippen LogP) is 4.08. The fourth-order valence-electron chi connectivity index (χ4n) is 4.58. The molecule has 0 saturated carbocycles. The number of likely N-dealkylation sites (tertiary alicyclic amines) is 1. The van der Waals surface area contributed by atoms with Crippen LogP contribution in [0.1, 0.15) is 16.1 Å². The van der Waals surface area contributed by atoms with E-state index in [2.05, 4.69) is 32.4 Å². The van der Waals surface area contributed by atoms with Gasteiger partial charge in [0.1, 0.15) is 15.5 Å². The summed E-state index contributed by atoms with van der Waals surface area (Å²) in [7, 11) is 0. The first-order valence-corrected chi connectivity index (χ1v) is 12.6. The Bertz CT molecular complexity index is 1570. The number of nitrogens with zero attached hydrogens (tertiary/aromatic N) is 5. The summed E-state index contributed by atoms with van der Waals surface area (Å²) >= 11 is 1.21. The molecule has 0 unspecified atom stereocenters. The molecule has 4 amide bonds. The number of urea groups is 1. The second-order valence-corrected chi connectivity index (χ2v) is 9.69. The van der Waals surface area contributed by atoms with E-state index in [4.69, 9.17) is 4.74 Å². The van der Waals surface area contributed by atoms with Crippen molar-refractivity contribution in [3.63, 3.8) is 0 Å². The van der Waals surface area contributed by atoms with Gasteiger partial charge in [-0.15, -0.1) is 16.4 Å². The predicted molar refractivity (Wildman–Crippen MR) is 142 cm³/mol. The summed E-state index contributed by atoms with van der Waals surface area (Å²) in [6, 6.07) is 11.6. The number of rotatable bonds is 6. The molecule has 1 saturated heterocycles. The Hall–Kier alpha value is -4.84. The number of anilines is 3. The lowest BCUT2D eigenvalue weighted by atomic mass is 10.1. The molecular formula is C26H21N7O4S. The fourth-order valence-corrected chi connectivity index (χ4v) is 5.61. The van der Waals surface area contributed by atoms with Gasteiger partial charge in [0.15, 0.2) is 0 Å². The molecule has 4 aromatic rings. The molecule has 190 valence electrons. The topological polar surface area (TPSA) is 130 Å². The molecule has 38 heavy (non-hydrogen) atoms. The molecule has 1 fully saturated rings. The van der Waals surface area contributed by atoms with E-state index in [0.29, 0.717) is 63.3 Å². The highest BCUT2D eigenvalue weighted by Crippen LogP contribution is 2.45. The number of carbonyl (C=O) groups excluding carboxylic acids is 3. The largest absolute Gasteiger partial charge is 0.438 e. The van der Waals surface area contributed by atoms with Crippen molar-refractivity contribution in [2.24, 2.45) is 0 Å². The normalized spacial score (nSPS) is 16.3. The van der Waals surface area contributed by atoms with Crippen LogP contribution in [0.25, 0.3) is 10.2 Å². The molecule has 12 heteroatoms. The number of thiophene rings is 1. The molecule has 5 heterocycles. The van der Waals surface area contributed by atoms with Crippen LogP contribution in [0.15, 0.2) is 67.5 Å². The van der Waals surface area contributed by atoms with Crippen molar-refractivity contribution in [2.45, 2.75) is 12.5 Å². The summed E-state index contributed by atoms with van der Waals surface area (Å²) < 4.78 is 5.70. The van der Waals surface area contributed by atoms with Gasteiger partial charge in [0.05, 0.1) is 22.4 Å². The van der Waals surface area contributed by atoms with Gasteiger partial charge in [-0.05, 0) is 48.9 Å². The third-order valence-electron chi connectivity index (χ3n) is 6.33. The van der Waals surface area contributed by atoms with E-state index < -0.39 is 6.03 Å². The summed E-state index contributed by atoms with van der Waals surface area (Å²) in [5.74, 6) is 0.430. The molecule has 1 atom stereocenters. The summed E-state index contributed by atoms with van der Waals surface area (Å²) in [5, 5.41) is 14.3. The zero-order chi connectivity index (χ0) is 26.2. The molecule has 0 aliphatic carbocycles. The zero-order valence-electron chi connectivity index (χ0n) is 20.0. The van der Waals surface area contributed by atoms with Gasteiger partial charge in [0, 0.05) is 37.6 Å². The second kappa shape index (κ2) is 9.56. The molecule has 3 aromatic heterocycles. The van der Waals surface area contributed by atoms with Crippen LogP contribution < -0.4 is 20.3 Å². The monoisotopic (exact) mass is 527 g/mol. The highest BCUT2D eigenvalue weighted by atomic mass is 32.1. The lowest BCUT2D eigenvalue weighted by molar-refractivity contribution is -0.125. The maximum atomic E-state index is 13.3. The number of amides is 4. The molecule has 6 rings (SSSR count). The van der Waals surface area contributed by atoms with E-state index in [1.807, 2.05) is 0 Å². The summed E-state index contributed by atoms with van der Waals surface area (Å²) in [6.45, 7) is 4.48. The van der Waals surface area contributed by atoms with Gasteiger partial charge in [0.25, 0.3) is 5.91 Å². The zero-order valence-corrected chi connectivity index (χ0v) is 20.8. The van der Waals surface area contributed by atoms with Gasteiger partial charge in [-0.2, -0.15) is 5.10 Å². The summed E-state index contributed by atoms with van der Waals surface area (Å²) in [6.07, 6.45) is 5.09. The number of carbonyl (C=O) groups is 3. The smallest absolute Gasteiger partial charge is 0.331 e. The Balaban J connectivity index is 1.27. The van der Waals surface area contributed by atoms with E-state index in [9.17, 15) is 14.4 Å². The number of aromatic nitrogens is 3. The Morgan fingerprint density at radius 2 is 2.03 bits per heavy atom. The van der Waals surface area contributed by atoms with Crippen LogP contribution in [0, 0.1) is 0 Å². The van der Waals surface area contributed by atoms with Crippen LogP contribution in [-0.2, 0) is 4.79 Å². The minimum Gasteiger partial charge on any atom is -0.438 e. The van der Waals surface area contributed by atoms with Crippen LogP contribution >= 0.6 is 11.3 Å². The first kappa shape index (κ1) is 23.6. The van der Waals surface area contributed by atoms with Crippen molar-refractivity contribution in [2.75, 3.05) is 23.3 Å². The van der Waals surface area contributed by atoms with Crippen molar-refractivity contribution in [3.05, 3.63) is 72.4 Å². The third kappa shape index (κ3) is 4.20. The average Bonchev–Trinajstić information content (AvgIpc) is 3.55. The highest BCUT2D eigenvalue weighted by Gasteiger charge is 2.34. The molecular weight excluding hydrogens is 506 g/mol. The van der Waals surface area contributed by atoms with Crippen molar-refractivity contribution in [1.82, 2.24) is 25.4 Å². The molecule has 2 aliphatic rings. The number of hydrogen-bond acceptors (Lipinski definition) is 8. The Kier molecular flexibility index (Phi) is 5.92. The Labute approximate surface area is 220 Å². The van der Waals surface area contributed by atoms with Crippen LogP contribution in [0.2, 0.25) is 0 Å². The first-order chi connectivity index (χ1) is 18.5. The van der Waals surface area contributed by atoms with E-state index in [0.717, 1.165) is 0 Å². The van der Waals surface area contributed by atoms with E-state index >= 15 is 0 Å². The van der Waals surface area contributed by atoms with E-state index in [1.165, 1.54) is 22.3 Å². The van der Waals surface area contributed by atoms with Crippen molar-refractivity contribution in [3.8, 4) is 11.6 Å². The van der Waals surface area contributed by atoms with Gasteiger partial charge >= 0.3 is 6.03 Å². The number of benzene rings is 1.